The maximum absolute atomic E-state index is 6.27. The van der Waals surface area contributed by atoms with Crippen LogP contribution in [0.3, 0.4) is 0 Å². The Morgan fingerprint density at radius 3 is 2.29 bits per heavy atom. The standard InChI is InChI=1S/C17H20ClN3/c1-3-15-19-16(18)12(2)17(20-15)21-10-8-13-6-4-5-7-14(13)9-11-21/h4-7H,3,8-11H2,1-2H3. The third-order valence-electron chi connectivity index (χ3n) is 4.14. The SMILES string of the molecule is CCc1nc(Cl)c(C)c(N2CCc3ccccc3CC2)n1. The van der Waals surface area contributed by atoms with Crippen LogP contribution in [0.15, 0.2) is 24.3 Å². The van der Waals surface area contributed by atoms with Crippen molar-refractivity contribution in [3.8, 4) is 0 Å². The van der Waals surface area contributed by atoms with Crippen molar-refractivity contribution in [3.63, 3.8) is 0 Å². The van der Waals surface area contributed by atoms with E-state index in [0.29, 0.717) is 5.15 Å². The summed E-state index contributed by atoms with van der Waals surface area (Å²) in [4.78, 5) is 11.4. The van der Waals surface area contributed by atoms with E-state index in [4.69, 9.17) is 16.6 Å². The van der Waals surface area contributed by atoms with Gasteiger partial charge < -0.3 is 4.90 Å². The first-order valence-corrected chi connectivity index (χ1v) is 7.91. The minimum Gasteiger partial charge on any atom is -0.356 e. The van der Waals surface area contributed by atoms with Crippen LogP contribution in [0.4, 0.5) is 5.82 Å². The normalized spacial score (nSPS) is 14.7. The van der Waals surface area contributed by atoms with Crippen LogP contribution < -0.4 is 4.90 Å². The van der Waals surface area contributed by atoms with Crippen molar-refractivity contribution in [1.82, 2.24) is 9.97 Å². The molecule has 0 saturated heterocycles. The minimum atomic E-state index is 0.582. The number of benzene rings is 1. The van der Waals surface area contributed by atoms with Gasteiger partial charge in [-0.3, -0.25) is 0 Å². The zero-order valence-electron chi connectivity index (χ0n) is 12.6. The average Bonchev–Trinajstić information content (AvgIpc) is 2.72. The topological polar surface area (TPSA) is 29.0 Å². The summed E-state index contributed by atoms with van der Waals surface area (Å²) >= 11 is 6.27. The molecule has 0 spiro atoms. The van der Waals surface area contributed by atoms with Crippen molar-refractivity contribution in [2.75, 3.05) is 18.0 Å². The third kappa shape index (κ3) is 2.88. The van der Waals surface area contributed by atoms with E-state index < -0.39 is 0 Å². The van der Waals surface area contributed by atoms with Gasteiger partial charge in [0.25, 0.3) is 0 Å². The van der Waals surface area contributed by atoms with Crippen molar-refractivity contribution < 1.29 is 0 Å². The number of aromatic nitrogens is 2. The van der Waals surface area contributed by atoms with Crippen LogP contribution in [-0.2, 0) is 19.3 Å². The zero-order chi connectivity index (χ0) is 14.8. The molecule has 2 heterocycles. The highest BCUT2D eigenvalue weighted by molar-refractivity contribution is 6.30. The van der Waals surface area contributed by atoms with E-state index in [1.807, 2.05) is 6.92 Å². The summed E-state index contributed by atoms with van der Waals surface area (Å²) in [5, 5.41) is 0.582. The van der Waals surface area contributed by atoms with E-state index >= 15 is 0 Å². The number of nitrogens with zero attached hydrogens (tertiary/aromatic N) is 3. The van der Waals surface area contributed by atoms with Gasteiger partial charge >= 0.3 is 0 Å². The molecule has 1 aliphatic heterocycles. The van der Waals surface area contributed by atoms with Gasteiger partial charge in [0.05, 0.1) is 0 Å². The Morgan fingerprint density at radius 2 is 1.71 bits per heavy atom. The summed E-state index contributed by atoms with van der Waals surface area (Å²) in [5.41, 5.74) is 3.89. The molecule has 0 aliphatic carbocycles. The van der Waals surface area contributed by atoms with Crippen LogP contribution in [0.1, 0.15) is 29.4 Å². The number of halogens is 1. The summed E-state index contributed by atoms with van der Waals surface area (Å²) in [6.45, 7) is 6.03. The Balaban J connectivity index is 1.91. The molecule has 2 aromatic rings. The Bertz CT molecular complexity index is 627. The highest BCUT2D eigenvalue weighted by Crippen LogP contribution is 2.26. The quantitative estimate of drug-likeness (QED) is 0.794. The molecule has 0 atom stereocenters. The van der Waals surface area contributed by atoms with Crippen LogP contribution in [-0.4, -0.2) is 23.1 Å². The molecule has 1 aromatic heterocycles. The Labute approximate surface area is 131 Å². The summed E-state index contributed by atoms with van der Waals surface area (Å²) in [6.07, 6.45) is 2.92. The fourth-order valence-corrected chi connectivity index (χ4v) is 3.05. The fourth-order valence-electron chi connectivity index (χ4n) is 2.87. The molecule has 21 heavy (non-hydrogen) atoms. The van der Waals surface area contributed by atoms with Gasteiger partial charge in [0.2, 0.25) is 0 Å². The monoisotopic (exact) mass is 301 g/mol. The van der Waals surface area contributed by atoms with Crippen LogP contribution in [0.2, 0.25) is 5.15 Å². The van der Waals surface area contributed by atoms with Crippen molar-refractivity contribution in [3.05, 3.63) is 51.9 Å². The minimum absolute atomic E-state index is 0.582. The van der Waals surface area contributed by atoms with Gasteiger partial charge in [0, 0.05) is 25.1 Å². The van der Waals surface area contributed by atoms with Gasteiger partial charge in [0.15, 0.2) is 0 Å². The lowest BCUT2D eigenvalue weighted by Crippen LogP contribution is -2.28. The molecule has 0 unspecified atom stereocenters. The first-order valence-electron chi connectivity index (χ1n) is 7.53. The Kier molecular flexibility index (Phi) is 4.11. The smallest absolute Gasteiger partial charge is 0.137 e. The fraction of sp³-hybridized carbons (Fsp3) is 0.412. The van der Waals surface area contributed by atoms with Gasteiger partial charge in [-0.1, -0.05) is 42.8 Å². The third-order valence-corrected chi connectivity index (χ3v) is 4.51. The Morgan fingerprint density at radius 1 is 1.10 bits per heavy atom. The number of fused-ring (bicyclic) bond motifs is 1. The summed E-state index contributed by atoms with van der Waals surface area (Å²) in [5.74, 6) is 1.82. The molecule has 3 nitrogen and oxygen atoms in total. The molecule has 0 amide bonds. The van der Waals surface area contributed by atoms with Crippen LogP contribution in [0.25, 0.3) is 0 Å². The second-order valence-electron chi connectivity index (χ2n) is 5.49. The molecule has 3 rings (SSSR count). The summed E-state index contributed by atoms with van der Waals surface area (Å²) in [7, 11) is 0. The van der Waals surface area contributed by atoms with E-state index in [-0.39, 0.29) is 0 Å². The second-order valence-corrected chi connectivity index (χ2v) is 5.85. The zero-order valence-corrected chi connectivity index (χ0v) is 13.3. The molecule has 0 N–H and O–H groups in total. The lowest BCUT2D eigenvalue weighted by atomic mass is 10.0. The molecular formula is C17H20ClN3. The van der Waals surface area contributed by atoms with Gasteiger partial charge in [0.1, 0.15) is 16.8 Å². The molecule has 0 saturated carbocycles. The van der Waals surface area contributed by atoms with E-state index in [0.717, 1.165) is 49.6 Å². The predicted octanol–water partition coefficient (Wildman–Crippen LogP) is 3.61. The number of aryl methyl sites for hydroxylation is 1. The van der Waals surface area contributed by atoms with Gasteiger partial charge in [-0.2, -0.15) is 0 Å². The molecular weight excluding hydrogens is 282 g/mol. The molecule has 0 radical (unpaired) electrons. The first kappa shape index (κ1) is 14.3. The number of anilines is 1. The van der Waals surface area contributed by atoms with Gasteiger partial charge in [-0.25, -0.2) is 9.97 Å². The highest BCUT2D eigenvalue weighted by atomic mass is 35.5. The molecule has 110 valence electrons. The number of hydrogen-bond donors (Lipinski definition) is 0. The Hall–Kier alpha value is -1.61. The molecule has 0 bridgehead atoms. The maximum atomic E-state index is 6.27. The van der Waals surface area contributed by atoms with E-state index in [1.165, 1.54) is 11.1 Å². The van der Waals surface area contributed by atoms with Crippen molar-refractivity contribution in [2.24, 2.45) is 0 Å². The van der Waals surface area contributed by atoms with Crippen LogP contribution >= 0.6 is 11.6 Å². The summed E-state index contributed by atoms with van der Waals surface area (Å²) < 4.78 is 0. The summed E-state index contributed by atoms with van der Waals surface area (Å²) in [6, 6.07) is 8.71. The van der Waals surface area contributed by atoms with Crippen LogP contribution in [0, 0.1) is 6.92 Å². The van der Waals surface area contributed by atoms with E-state index in [2.05, 4.69) is 41.1 Å². The van der Waals surface area contributed by atoms with E-state index in [1.54, 1.807) is 0 Å². The lowest BCUT2D eigenvalue weighted by Gasteiger charge is -2.24. The lowest BCUT2D eigenvalue weighted by molar-refractivity contribution is 0.772. The number of hydrogen-bond acceptors (Lipinski definition) is 3. The molecule has 1 aliphatic rings. The largest absolute Gasteiger partial charge is 0.356 e. The van der Waals surface area contributed by atoms with Crippen molar-refractivity contribution in [1.29, 1.82) is 0 Å². The van der Waals surface area contributed by atoms with Gasteiger partial charge in [-0.05, 0) is 30.9 Å². The average molecular weight is 302 g/mol. The second kappa shape index (κ2) is 6.02. The van der Waals surface area contributed by atoms with Crippen LogP contribution in [0.5, 0.6) is 0 Å². The molecule has 4 heteroatoms. The van der Waals surface area contributed by atoms with E-state index in [9.17, 15) is 0 Å². The number of rotatable bonds is 2. The van der Waals surface area contributed by atoms with Crippen molar-refractivity contribution >= 4 is 17.4 Å². The molecule has 1 aromatic carbocycles. The maximum Gasteiger partial charge on any atom is 0.137 e. The predicted molar refractivity (Wildman–Crippen MR) is 87.2 cm³/mol. The first-order chi connectivity index (χ1) is 10.2. The molecule has 0 fully saturated rings. The van der Waals surface area contributed by atoms with Crippen molar-refractivity contribution in [2.45, 2.75) is 33.1 Å². The van der Waals surface area contributed by atoms with Gasteiger partial charge in [-0.15, -0.1) is 0 Å². The highest BCUT2D eigenvalue weighted by Gasteiger charge is 2.18.